The Morgan fingerprint density at radius 1 is 1.04 bits per heavy atom. The van der Waals surface area contributed by atoms with Crippen molar-refractivity contribution in [2.45, 2.75) is 4.90 Å². The van der Waals surface area contributed by atoms with Gasteiger partial charge in [0.2, 0.25) is 0 Å². The second kappa shape index (κ2) is 8.49. The average Bonchev–Trinajstić information content (AvgIpc) is 2.60. The summed E-state index contributed by atoms with van der Waals surface area (Å²) in [6.07, 6.45) is 0. The molecule has 128 valence electrons. The zero-order chi connectivity index (χ0) is 17.5. The van der Waals surface area contributed by atoms with Gasteiger partial charge in [-0.1, -0.05) is 18.2 Å². The number of ether oxygens (including phenoxy) is 2. The van der Waals surface area contributed by atoms with Crippen LogP contribution >= 0.6 is 0 Å². The third kappa shape index (κ3) is 4.58. The molecule has 2 rings (SSSR count). The van der Waals surface area contributed by atoms with Crippen molar-refractivity contribution in [3.05, 3.63) is 54.1 Å². The Balaban J connectivity index is 2.34. The number of hydrogen-bond donors (Lipinski definition) is 0. The molecule has 0 bridgehead atoms. The van der Waals surface area contributed by atoms with Gasteiger partial charge in [-0.2, -0.15) is 5.10 Å². The number of hydrogen-bond acceptors (Lipinski definition) is 5. The molecule has 0 heterocycles. The summed E-state index contributed by atoms with van der Waals surface area (Å²) in [6.45, 7) is 0. The van der Waals surface area contributed by atoms with Crippen LogP contribution in [0, 0.1) is 0 Å². The summed E-state index contributed by atoms with van der Waals surface area (Å²) in [5.41, 5.74) is 1.58. The minimum absolute atomic E-state index is 0.317. The topological polar surface area (TPSA) is 51.1 Å². The normalized spacial score (nSPS) is 12.6. The summed E-state index contributed by atoms with van der Waals surface area (Å²) >= 11 is 0. The first-order valence-electron chi connectivity index (χ1n) is 7.45. The molecular formula is C18H22N2O3S. The Kier molecular flexibility index (Phi) is 6.37. The molecule has 0 saturated carbocycles. The van der Waals surface area contributed by atoms with Crippen LogP contribution in [-0.4, -0.2) is 49.0 Å². The molecule has 2 aromatic carbocycles. The zero-order valence-corrected chi connectivity index (χ0v) is 15.2. The second-order valence-corrected chi connectivity index (χ2v) is 6.72. The molecule has 5 nitrogen and oxygen atoms in total. The molecule has 0 saturated heterocycles. The van der Waals surface area contributed by atoms with Gasteiger partial charge in [0.1, 0.15) is 0 Å². The third-order valence-corrected chi connectivity index (χ3v) is 4.64. The predicted molar refractivity (Wildman–Crippen MR) is 97.5 cm³/mol. The first-order chi connectivity index (χ1) is 11.5. The quantitative estimate of drug-likeness (QED) is 0.571. The fraction of sp³-hybridized carbons (Fsp3) is 0.278. The van der Waals surface area contributed by atoms with Crippen LogP contribution in [0.2, 0.25) is 0 Å². The van der Waals surface area contributed by atoms with E-state index in [-0.39, 0.29) is 0 Å². The van der Waals surface area contributed by atoms with Crippen LogP contribution in [0.4, 0.5) is 0 Å². The molecule has 0 amide bonds. The van der Waals surface area contributed by atoms with E-state index in [9.17, 15) is 4.21 Å². The van der Waals surface area contributed by atoms with Crippen molar-refractivity contribution in [1.82, 2.24) is 5.01 Å². The lowest BCUT2D eigenvalue weighted by Gasteiger charge is -2.14. The molecule has 0 N–H and O–H groups in total. The lowest BCUT2D eigenvalue weighted by Crippen LogP contribution is -2.17. The third-order valence-electron chi connectivity index (χ3n) is 3.31. The highest BCUT2D eigenvalue weighted by atomic mass is 32.2. The van der Waals surface area contributed by atoms with Gasteiger partial charge >= 0.3 is 0 Å². The van der Waals surface area contributed by atoms with Gasteiger partial charge in [-0.15, -0.1) is 0 Å². The van der Waals surface area contributed by atoms with Crippen LogP contribution in [0.5, 0.6) is 11.5 Å². The Bertz CT molecular complexity index is 730. The van der Waals surface area contributed by atoms with E-state index in [2.05, 4.69) is 5.10 Å². The molecule has 2 aromatic rings. The van der Waals surface area contributed by atoms with Crippen LogP contribution < -0.4 is 9.47 Å². The van der Waals surface area contributed by atoms with Crippen molar-refractivity contribution in [2.75, 3.05) is 34.1 Å². The minimum Gasteiger partial charge on any atom is -0.493 e. The summed E-state index contributed by atoms with van der Waals surface area (Å²) in [7, 11) is 5.69. The molecule has 1 atom stereocenters. The molecular weight excluding hydrogens is 324 g/mol. The van der Waals surface area contributed by atoms with E-state index >= 15 is 0 Å². The van der Waals surface area contributed by atoms with Crippen molar-refractivity contribution < 1.29 is 13.7 Å². The Morgan fingerprint density at radius 3 is 2.29 bits per heavy atom. The zero-order valence-electron chi connectivity index (χ0n) is 14.4. The van der Waals surface area contributed by atoms with Crippen molar-refractivity contribution in [3.8, 4) is 11.5 Å². The van der Waals surface area contributed by atoms with E-state index in [1.807, 2.05) is 62.6 Å². The van der Waals surface area contributed by atoms with Crippen LogP contribution in [-0.2, 0) is 10.8 Å². The van der Waals surface area contributed by atoms with E-state index in [4.69, 9.17) is 9.47 Å². The molecule has 0 radical (unpaired) electrons. The monoisotopic (exact) mass is 346 g/mol. The fourth-order valence-corrected chi connectivity index (χ4v) is 3.31. The largest absolute Gasteiger partial charge is 0.493 e. The van der Waals surface area contributed by atoms with Crippen molar-refractivity contribution >= 4 is 16.5 Å². The lowest BCUT2D eigenvalue weighted by atomic mass is 10.1. The molecule has 6 heteroatoms. The van der Waals surface area contributed by atoms with Gasteiger partial charge in [-0.3, -0.25) is 4.21 Å². The molecule has 0 unspecified atom stereocenters. The Labute approximate surface area is 145 Å². The summed E-state index contributed by atoms with van der Waals surface area (Å²) in [6, 6.07) is 15.0. The van der Waals surface area contributed by atoms with E-state index in [1.54, 1.807) is 19.2 Å². The summed E-state index contributed by atoms with van der Waals surface area (Å²) < 4.78 is 23.3. The van der Waals surface area contributed by atoms with Crippen molar-refractivity contribution in [2.24, 2.45) is 5.10 Å². The van der Waals surface area contributed by atoms with Crippen molar-refractivity contribution in [3.63, 3.8) is 0 Å². The molecule has 0 aliphatic heterocycles. The maximum absolute atomic E-state index is 12.6. The van der Waals surface area contributed by atoms with Gasteiger partial charge in [0.15, 0.2) is 11.5 Å². The number of benzene rings is 2. The van der Waals surface area contributed by atoms with Crippen LogP contribution in [0.15, 0.2) is 58.5 Å². The van der Waals surface area contributed by atoms with E-state index in [0.717, 1.165) is 16.2 Å². The maximum Gasteiger partial charge on any atom is 0.161 e. The molecule has 0 spiro atoms. The highest BCUT2D eigenvalue weighted by Crippen LogP contribution is 2.28. The summed E-state index contributed by atoms with van der Waals surface area (Å²) in [5.74, 6) is 1.58. The van der Waals surface area contributed by atoms with Crippen LogP contribution in [0.25, 0.3) is 0 Å². The van der Waals surface area contributed by atoms with Crippen LogP contribution in [0.1, 0.15) is 5.56 Å². The SMILES string of the molecule is COc1ccc(/C(C[S@@](=O)c2ccccc2)=N\N(C)C)cc1OC. The van der Waals surface area contributed by atoms with Gasteiger partial charge in [0.25, 0.3) is 0 Å². The maximum atomic E-state index is 12.6. The van der Waals surface area contributed by atoms with E-state index in [0.29, 0.717) is 17.3 Å². The van der Waals surface area contributed by atoms with Gasteiger partial charge < -0.3 is 14.5 Å². The number of nitrogens with zero attached hydrogens (tertiary/aromatic N) is 2. The van der Waals surface area contributed by atoms with Crippen molar-refractivity contribution in [1.29, 1.82) is 0 Å². The summed E-state index contributed by atoms with van der Waals surface area (Å²) in [5, 5.41) is 6.21. The standard InChI is InChI=1S/C18H22N2O3S/c1-20(2)19-16(13-24(21)15-8-6-5-7-9-15)14-10-11-17(22-3)18(12-14)23-4/h5-12H,13H2,1-4H3/b19-16-/t24-/m1/s1. The van der Waals surface area contributed by atoms with Crippen LogP contribution in [0.3, 0.4) is 0 Å². The first kappa shape index (κ1) is 18.0. The lowest BCUT2D eigenvalue weighted by molar-refractivity contribution is 0.355. The molecule has 0 aliphatic rings. The second-order valence-electron chi connectivity index (χ2n) is 5.27. The van der Waals surface area contributed by atoms with Gasteiger partial charge in [-0.05, 0) is 30.3 Å². The fourth-order valence-electron chi connectivity index (χ4n) is 2.21. The Hall–Kier alpha value is -2.34. The van der Waals surface area contributed by atoms with Gasteiger partial charge in [0, 0.05) is 24.6 Å². The van der Waals surface area contributed by atoms with E-state index < -0.39 is 10.8 Å². The number of rotatable bonds is 7. The highest BCUT2D eigenvalue weighted by molar-refractivity contribution is 7.85. The van der Waals surface area contributed by atoms with Gasteiger partial charge in [-0.25, -0.2) is 0 Å². The Morgan fingerprint density at radius 2 is 1.71 bits per heavy atom. The average molecular weight is 346 g/mol. The first-order valence-corrected chi connectivity index (χ1v) is 8.77. The molecule has 0 fully saturated rings. The minimum atomic E-state index is -1.18. The number of methoxy groups -OCH3 is 2. The molecule has 24 heavy (non-hydrogen) atoms. The molecule has 0 aromatic heterocycles. The molecule has 0 aliphatic carbocycles. The predicted octanol–water partition coefficient (Wildman–Crippen LogP) is 2.78. The van der Waals surface area contributed by atoms with E-state index in [1.165, 1.54) is 0 Å². The summed E-state index contributed by atoms with van der Waals surface area (Å²) in [4.78, 5) is 0.782. The van der Waals surface area contributed by atoms with Gasteiger partial charge in [0.05, 0.1) is 36.5 Å². The highest BCUT2D eigenvalue weighted by Gasteiger charge is 2.14. The number of hydrazone groups is 1. The smallest absolute Gasteiger partial charge is 0.161 e.